The summed E-state index contributed by atoms with van der Waals surface area (Å²) in [6.45, 7) is -0.0676. The largest absolute Gasteiger partial charge is 0.375 e. The van der Waals surface area contributed by atoms with Gasteiger partial charge in [-0.05, 0) is 18.2 Å². The molecular formula is C14H9F2N3O2. The molecule has 0 fully saturated rings. The van der Waals surface area contributed by atoms with Crippen molar-refractivity contribution in [3.63, 3.8) is 0 Å². The number of anilines is 1. The summed E-state index contributed by atoms with van der Waals surface area (Å²) in [7, 11) is 0. The van der Waals surface area contributed by atoms with Crippen molar-refractivity contribution < 1.29 is 13.7 Å². The van der Waals surface area contributed by atoms with E-state index in [1.165, 1.54) is 24.3 Å². The summed E-state index contributed by atoms with van der Waals surface area (Å²) < 4.78 is 26.3. The van der Waals surface area contributed by atoms with Gasteiger partial charge in [-0.3, -0.25) is 10.1 Å². The minimum Gasteiger partial charge on any atom is -0.375 e. The Balaban J connectivity index is 2.28. The van der Waals surface area contributed by atoms with Crippen molar-refractivity contribution in [1.82, 2.24) is 0 Å². The zero-order valence-electron chi connectivity index (χ0n) is 10.6. The van der Waals surface area contributed by atoms with Crippen LogP contribution >= 0.6 is 0 Å². The fraction of sp³-hybridized carbons (Fsp3) is 0.0714. The summed E-state index contributed by atoms with van der Waals surface area (Å²) >= 11 is 0. The van der Waals surface area contributed by atoms with Gasteiger partial charge in [0.05, 0.1) is 4.92 Å². The van der Waals surface area contributed by atoms with Gasteiger partial charge in [-0.2, -0.15) is 5.26 Å². The molecule has 1 N–H and O–H groups in total. The smallest absolute Gasteiger partial charge is 0.309 e. The number of para-hydroxylation sites is 1. The van der Waals surface area contributed by atoms with Crippen molar-refractivity contribution in [3.8, 4) is 6.07 Å². The van der Waals surface area contributed by atoms with Gasteiger partial charge in [-0.1, -0.05) is 12.1 Å². The van der Waals surface area contributed by atoms with E-state index in [0.29, 0.717) is 0 Å². The van der Waals surface area contributed by atoms with E-state index in [0.717, 1.165) is 12.1 Å². The van der Waals surface area contributed by atoms with Gasteiger partial charge in [0.1, 0.15) is 29.0 Å². The van der Waals surface area contributed by atoms with E-state index in [1.807, 2.05) is 0 Å². The molecule has 0 radical (unpaired) electrons. The lowest BCUT2D eigenvalue weighted by atomic mass is 10.1. The van der Waals surface area contributed by atoms with Crippen LogP contribution in [0.1, 0.15) is 11.1 Å². The Morgan fingerprint density at radius 1 is 1.29 bits per heavy atom. The van der Waals surface area contributed by atoms with Crippen molar-refractivity contribution in [3.05, 3.63) is 69.3 Å². The van der Waals surface area contributed by atoms with Gasteiger partial charge in [0.25, 0.3) is 0 Å². The third-order valence-corrected chi connectivity index (χ3v) is 2.82. The number of nitrogens with zero attached hydrogens (tertiary/aromatic N) is 2. The van der Waals surface area contributed by atoms with Crippen molar-refractivity contribution in [2.24, 2.45) is 0 Å². The van der Waals surface area contributed by atoms with Crippen LogP contribution in [0.3, 0.4) is 0 Å². The van der Waals surface area contributed by atoms with E-state index in [4.69, 9.17) is 5.26 Å². The third kappa shape index (κ3) is 3.12. The number of nitriles is 1. The number of halogens is 2. The monoisotopic (exact) mass is 289 g/mol. The van der Waals surface area contributed by atoms with Gasteiger partial charge in [-0.15, -0.1) is 0 Å². The average Bonchev–Trinajstić information content (AvgIpc) is 2.45. The summed E-state index contributed by atoms with van der Waals surface area (Å²) in [5.41, 5.74) is -0.206. The molecule has 2 rings (SSSR count). The Bertz CT molecular complexity index is 741. The van der Waals surface area contributed by atoms with E-state index in [-0.39, 0.29) is 29.0 Å². The van der Waals surface area contributed by atoms with Crippen molar-refractivity contribution in [2.75, 3.05) is 5.32 Å². The van der Waals surface area contributed by atoms with Gasteiger partial charge in [0.15, 0.2) is 0 Å². The van der Waals surface area contributed by atoms with Crippen LogP contribution in [0.5, 0.6) is 0 Å². The van der Waals surface area contributed by atoms with Crippen LogP contribution in [-0.2, 0) is 6.54 Å². The molecular weight excluding hydrogens is 280 g/mol. The van der Waals surface area contributed by atoms with Crippen LogP contribution in [0.4, 0.5) is 20.2 Å². The lowest BCUT2D eigenvalue weighted by Gasteiger charge is -2.08. The number of benzene rings is 2. The molecule has 0 atom stereocenters. The van der Waals surface area contributed by atoms with E-state index in [2.05, 4.69) is 5.32 Å². The van der Waals surface area contributed by atoms with Crippen LogP contribution in [-0.4, -0.2) is 4.92 Å². The maximum atomic E-state index is 13.5. The number of nitro groups is 1. The Morgan fingerprint density at radius 2 is 2.05 bits per heavy atom. The molecule has 0 aliphatic heterocycles. The molecule has 2 aromatic carbocycles. The maximum Gasteiger partial charge on any atom is 0.309 e. The molecule has 0 heterocycles. The summed E-state index contributed by atoms with van der Waals surface area (Å²) in [5, 5.41) is 22.6. The van der Waals surface area contributed by atoms with E-state index >= 15 is 0 Å². The van der Waals surface area contributed by atoms with Crippen LogP contribution < -0.4 is 5.32 Å². The number of nitro benzene ring substituents is 1. The molecule has 0 aliphatic rings. The Hall–Kier alpha value is -3.01. The van der Waals surface area contributed by atoms with Crippen LogP contribution in [0.2, 0.25) is 0 Å². The topological polar surface area (TPSA) is 79.0 Å². The van der Waals surface area contributed by atoms with Gasteiger partial charge in [0.2, 0.25) is 0 Å². The molecule has 7 heteroatoms. The normalized spacial score (nSPS) is 9.95. The fourth-order valence-electron chi connectivity index (χ4n) is 1.83. The number of nitrogens with one attached hydrogen (secondary N) is 1. The van der Waals surface area contributed by atoms with Crippen LogP contribution in [0.15, 0.2) is 36.4 Å². The highest BCUT2D eigenvalue weighted by atomic mass is 19.1. The molecule has 21 heavy (non-hydrogen) atoms. The van der Waals surface area contributed by atoms with Gasteiger partial charge < -0.3 is 5.32 Å². The first-order valence-electron chi connectivity index (χ1n) is 5.88. The summed E-state index contributed by atoms with van der Waals surface area (Å²) in [6, 6.07) is 9.03. The minimum absolute atomic E-state index is 0.0676. The summed E-state index contributed by atoms with van der Waals surface area (Å²) in [6.07, 6.45) is 0. The second-order valence-corrected chi connectivity index (χ2v) is 4.16. The summed E-state index contributed by atoms with van der Waals surface area (Å²) in [5.74, 6) is -1.45. The second kappa shape index (κ2) is 5.96. The molecule has 0 spiro atoms. The maximum absolute atomic E-state index is 13.5. The molecule has 0 aromatic heterocycles. The first-order valence-corrected chi connectivity index (χ1v) is 5.88. The zero-order valence-corrected chi connectivity index (χ0v) is 10.6. The molecule has 0 unspecified atom stereocenters. The zero-order chi connectivity index (χ0) is 15.4. The number of rotatable bonds is 4. The Kier molecular flexibility index (Phi) is 4.09. The quantitative estimate of drug-likeness (QED) is 0.691. The van der Waals surface area contributed by atoms with Gasteiger partial charge >= 0.3 is 5.69 Å². The van der Waals surface area contributed by atoms with E-state index in [9.17, 15) is 18.9 Å². The second-order valence-electron chi connectivity index (χ2n) is 4.16. The molecule has 0 saturated heterocycles. The first kappa shape index (κ1) is 14.4. The third-order valence-electron chi connectivity index (χ3n) is 2.82. The number of hydrogen-bond donors (Lipinski definition) is 1. The Labute approximate surface area is 118 Å². The van der Waals surface area contributed by atoms with Crippen molar-refractivity contribution in [2.45, 2.75) is 6.54 Å². The highest BCUT2D eigenvalue weighted by Gasteiger charge is 2.19. The molecule has 5 nitrogen and oxygen atoms in total. The molecule has 0 amide bonds. The van der Waals surface area contributed by atoms with E-state index in [1.54, 1.807) is 6.07 Å². The molecule has 2 aromatic rings. The predicted octanol–water partition coefficient (Wildman–Crippen LogP) is 3.36. The minimum atomic E-state index is -0.749. The number of hydrogen-bond acceptors (Lipinski definition) is 4. The SMILES string of the molecule is N#Cc1cccc(NCc2ccc(F)cc2F)c1[N+](=O)[O-]. The van der Waals surface area contributed by atoms with Crippen LogP contribution in [0.25, 0.3) is 0 Å². The summed E-state index contributed by atoms with van der Waals surface area (Å²) in [4.78, 5) is 10.3. The average molecular weight is 289 g/mol. The lowest BCUT2D eigenvalue weighted by molar-refractivity contribution is -0.384. The highest BCUT2D eigenvalue weighted by Crippen LogP contribution is 2.28. The first-order chi connectivity index (χ1) is 10.0. The van der Waals surface area contributed by atoms with Crippen molar-refractivity contribution >= 4 is 11.4 Å². The molecule has 0 aliphatic carbocycles. The van der Waals surface area contributed by atoms with Gasteiger partial charge in [0, 0.05) is 18.2 Å². The lowest BCUT2D eigenvalue weighted by Crippen LogP contribution is -2.05. The van der Waals surface area contributed by atoms with E-state index < -0.39 is 16.6 Å². The molecule has 0 bridgehead atoms. The fourth-order valence-corrected chi connectivity index (χ4v) is 1.83. The molecule has 106 valence electrons. The van der Waals surface area contributed by atoms with Crippen LogP contribution in [0, 0.1) is 33.1 Å². The molecule has 0 saturated carbocycles. The predicted molar refractivity (Wildman–Crippen MR) is 71.5 cm³/mol. The van der Waals surface area contributed by atoms with Gasteiger partial charge in [-0.25, -0.2) is 8.78 Å². The standard InChI is InChI=1S/C14H9F2N3O2/c15-11-5-4-10(12(16)6-11)8-18-13-3-1-2-9(7-17)14(13)19(20)21/h1-6,18H,8H2. The van der Waals surface area contributed by atoms with Crippen molar-refractivity contribution in [1.29, 1.82) is 5.26 Å². The Morgan fingerprint density at radius 3 is 2.67 bits per heavy atom. The highest BCUT2D eigenvalue weighted by molar-refractivity contribution is 5.68.